The Bertz CT molecular complexity index is 264. The molecule has 0 amide bonds. The molecule has 56 valence electrons. The van der Waals surface area contributed by atoms with Gasteiger partial charge in [-0.05, 0) is 29.8 Å². The van der Waals surface area contributed by atoms with Gasteiger partial charge in [0, 0.05) is 12.4 Å². The molecule has 2 heterocycles. The van der Waals surface area contributed by atoms with Crippen LogP contribution in [0.4, 0.5) is 0 Å². The molecule has 3 heteroatoms. The van der Waals surface area contributed by atoms with Crippen molar-refractivity contribution < 1.29 is 5.02 Å². The van der Waals surface area contributed by atoms with Crippen molar-refractivity contribution in [1.82, 2.24) is 4.98 Å². The van der Waals surface area contributed by atoms with Gasteiger partial charge in [0.25, 0.3) is 0 Å². The Morgan fingerprint density at radius 3 is 3.27 bits per heavy atom. The van der Waals surface area contributed by atoms with Crippen LogP contribution in [0.5, 0.6) is 0 Å². The molecular formula is C8H10BNO. The van der Waals surface area contributed by atoms with Crippen molar-refractivity contribution in [3.63, 3.8) is 0 Å². The Morgan fingerprint density at radius 1 is 1.55 bits per heavy atom. The number of pyridine rings is 1. The second-order valence-corrected chi connectivity index (χ2v) is 2.98. The number of nitrogens with zero attached hydrogens (tertiary/aromatic N) is 1. The summed E-state index contributed by atoms with van der Waals surface area (Å²) in [6.45, 7) is -0.271. The van der Waals surface area contributed by atoms with Crippen LogP contribution < -0.4 is 5.46 Å². The Morgan fingerprint density at radius 2 is 2.45 bits per heavy atom. The monoisotopic (exact) mass is 147 g/mol. The number of hydrogen-bond donors (Lipinski definition) is 1. The van der Waals surface area contributed by atoms with Crippen LogP contribution in [0.15, 0.2) is 18.5 Å². The molecule has 0 unspecified atom stereocenters. The van der Waals surface area contributed by atoms with E-state index in [2.05, 4.69) is 4.98 Å². The van der Waals surface area contributed by atoms with Gasteiger partial charge in [0.1, 0.15) is 0 Å². The lowest BCUT2D eigenvalue weighted by atomic mass is 9.54. The smallest absolute Gasteiger partial charge is 0.325 e. The van der Waals surface area contributed by atoms with Gasteiger partial charge in [-0.3, -0.25) is 4.98 Å². The van der Waals surface area contributed by atoms with Crippen molar-refractivity contribution in [1.29, 1.82) is 0 Å². The van der Waals surface area contributed by atoms with E-state index in [9.17, 15) is 5.02 Å². The van der Waals surface area contributed by atoms with E-state index in [0.29, 0.717) is 0 Å². The van der Waals surface area contributed by atoms with Gasteiger partial charge >= 0.3 is 6.92 Å². The largest absolute Gasteiger partial charge is 0.446 e. The first kappa shape index (κ1) is 6.86. The SMILES string of the molecule is OB1CCCc2ccncc21. The summed E-state index contributed by atoms with van der Waals surface area (Å²) in [5.74, 6) is 0. The van der Waals surface area contributed by atoms with E-state index in [1.165, 1.54) is 5.56 Å². The van der Waals surface area contributed by atoms with Crippen molar-refractivity contribution in [2.75, 3.05) is 0 Å². The third kappa shape index (κ3) is 1.16. The summed E-state index contributed by atoms with van der Waals surface area (Å²) in [4.78, 5) is 3.99. The molecule has 0 bridgehead atoms. The highest BCUT2D eigenvalue weighted by Crippen LogP contribution is 2.11. The lowest BCUT2D eigenvalue weighted by molar-refractivity contribution is 0.573. The third-order valence-corrected chi connectivity index (χ3v) is 2.23. The van der Waals surface area contributed by atoms with Crippen molar-refractivity contribution >= 4 is 12.4 Å². The van der Waals surface area contributed by atoms with Crippen LogP contribution in [0, 0.1) is 0 Å². The standard InChI is InChI=1S/C8H10BNO/c11-9-4-1-2-7-3-5-10-6-8(7)9/h3,5-6,11H,1-2,4H2. The van der Waals surface area contributed by atoms with Crippen molar-refractivity contribution in [2.24, 2.45) is 0 Å². The number of aryl methyl sites for hydroxylation is 1. The molecule has 0 atom stereocenters. The lowest BCUT2D eigenvalue weighted by Gasteiger charge is -2.16. The molecule has 0 fully saturated rings. The molecule has 0 saturated heterocycles. The number of rotatable bonds is 0. The minimum absolute atomic E-state index is 0.271. The highest BCUT2D eigenvalue weighted by atomic mass is 16.2. The third-order valence-electron chi connectivity index (χ3n) is 2.23. The van der Waals surface area contributed by atoms with Crippen LogP contribution in [-0.2, 0) is 6.42 Å². The van der Waals surface area contributed by atoms with E-state index in [0.717, 1.165) is 24.6 Å². The Kier molecular flexibility index (Phi) is 1.66. The number of hydrogen-bond acceptors (Lipinski definition) is 2. The van der Waals surface area contributed by atoms with Gasteiger partial charge in [-0.15, -0.1) is 0 Å². The van der Waals surface area contributed by atoms with Crippen LogP contribution in [0.2, 0.25) is 6.32 Å². The van der Waals surface area contributed by atoms with Crippen LogP contribution in [-0.4, -0.2) is 16.9 Å². The van der Waals surface area contributed by atoms with Crippen LogP contribution in [0.3, 0.4) is 0 Å². The molecule has 1 aromatic rings. The molecule has 0 radical (unpaired) electrons. The summed E-state index contributed by atoms with van der Waals surface area (Å²) in [6.07, 6.45) is 6.64. The first-order chi connectivity index (χ1) is 5.38. The maximum Gasteiger partial charge on any atom is 0.325 e. The predicted octanol–water partition coefficient (Wildman–Crippen LogP) is 0.219. The zero-order valence-electron chi connectivity index (χ0n) is 6.33. The van der Waals surface area contributed by atoms with Gasteiger partial charge < -0.3 is 5.02 Å². The zero-order valence-corrected chi connectivity index (χ0v) is 6.33. The molecule has 1 aliphatic rings. The van der Waals surface area contributed by atoms with Crippen molar-refractivity contribution in [3.8, 4) is 0 Å². The average molecular weight is 147 g/mol. The van der Waals surface area contributed by atoms with E-state index in [4.69, 9.17) is 0 Å². The molecule has 1 aromatic heterocycles. The quantitative estimate of drug-likeness (QED) is 0.532. The van der Waals surface area contributed by atoms with E-state index >= 15 is 0 Å². The molecule has 0 saturated carbocycles. The summed E-state index contributed by atoms with van der Waals surface area (Å²) in [5.41, 5.74) is 2.29. The minimum atomic E-state index is -0.271. The number of aromatic nitrogens is 1. The molecule has 0 spiro atoms. The summed E-state index contributed by atoms with van der Waals surface area (Å²) >= 11 is 0. The van der Waals surface area contributed by atoms with Gasteiger partial charge in [0.2, 0.25) is 0 Å². The average Bonchev–Trinajstić information content (AvgIpc) is 2.06. The lowest BCUT2D eigenvalue weighted by Crippen LogP contribution is -2.36. The minimum Gasteiger partial charge on any atom is -0.446 e. The van der Waals surface area contributed by atoms with Gasteiger partial charge in [-0.25, -0.2) is 0 Å². The molecule has 1 aliphatic heterocycles. The summed E-state index contributed by atoms with van der Waals surface area (Å²) in [7, 11) is 0. The highest BCUT2D eigenvalue weighted by molar-refractivity contribution is 6.66. The Balaban J connectivity index is 2.44. The predicted molar refractivity (Wildman–Crippen MR) is 45.0 cm³/mol. The summed E-state index contributed by atoms with van der Waals surface area (Å²) in [5, 5.41) is 9.52. The molecule has 11 heavy (non-hydrogen) atoms. The first-order valence-corrected chi connectivity index (χ1v) is 3.99. The van der Waals surface area contributed by atoms with Crippen LogP contribution in [0.1, 0.15) is 12.0 Å². The van der Waals surface area contributed by atoms with Gasteiger partial charge in [-0.2, -0.15) is 0 Å². The fourth-order valence-electron chi connectivity index (χ4n) is 1.60. The maximum absolute atomic E-state index is 9.52. The normalized spacial score (nSPS) is 16.3. The fraction of sp³-hybridized carbons (Fsp3) is 0.375. The van der Waals surface area contributed by atoms with Crippen molar-refractivity contribution in [2.45, 2.75) is 19.2 Å². The number of fused-ring (bicyclic) bond motifs is 1. The van der Waals surface area contributed by atoms with Gasteiger partial charge in [0.05, 0.1) is 0 Å². The highest BCUT2D eigenvalue weighted by Gasteiger charge is 2.21. The first-order valence-electron chi connectivity index (χ1n) is 3.99. The molecule has 2 nitrogen and oxygen atoms in total. The Labute approximate surface area is 66.4 Å². The van der Waals surface area contributed by atoms with E-state index in [1.54, 1.807) is 12.4 Å². The summed E-state index contributed by atoms with van der Waals surface area (Å²) in [6, 6.07) is 2.00. The molecular weight excluding hydrogens is 137 g/mol. The topological polar surface area (TPSA) is 33.1 Å². The molecule has 2 rings (SSSR count). The second kappa shape index (κ2) is 2.66. The van der Waals surface area contributed by atoms with E-state index < -0.39 is 0 Å². The molecule has 0 aromatic carbocycles. The van der Waals surface area contributed by atoms with E-state index in [-0.39, 0.29) is 6.92 Å². The van der Waals surface area contributed by atoms with Crippen LogP contribution in [0.25, 0.3) is 0 Å². The van der Waals surface area contributed by atoms with Gasteiger partial charge in [0.15, 0.2) is 0 Å². The fourth-order valence-corrected chi connectivity index (χ4v) is 1.60. The zero-order chi connectivity index (χ0) is 7.68. The van der Waals surface area contributed by atoms with Gasteiger partial charge in [-0.1, -0.05) is 6.42 Å². The maximum atomic E-state index is 9.52. The van der Waals surface area contributed by atoms with E-state index in [1.807, 2.05) is 6.07 Å². The van der Waals surface area contributed by atoms with Crippen LogP contribution >= 0.6 is 0 Å². The molecule has 1 N–H and O–H groups in total. The van der Waals surface area contributed by atoms with Crippen molar-refractivity contribution in [3.05, 3.63) is 24.0 Å². The molecule has 0 aliphatic carbocycles. The second-order valence-electron chi connectivity index (χ2n) is 2.98. The summed E-state index contributed by atoms with van der Waals surface area (Å²) < 4.78 is 0. The Hall–Kier alpha value is -0.825.